The van der Waals surface area contributed by atoms with Crippen molar-refractivity contribution in [1.82, 2.24) is 4.90 Å². The molecular formula is C16H21NO4. The highest BCUT2D eigenvalue weighted by Crippen LogP contribution is 2.29. The van der Waals surface area contributed by atoms with Crippen LogP contribution in [0.4, 0.5) is 0 Å². The van der Waals surface area contributed by atoms with E-state index in [1.54, 1.807) is 20.1 Å². The second-order valence-electron chi connectivity index (χ2n) is 5.61. The molecule has 5 heteroatoms. The zero-order valence-electron chi connectivity index (χ0n) is 12.5. The predicted octanol–water partition coefficient (Wildman–Crippen LogP) is 2.09. The van der Waals surface area contributed by atoms with Crippen LogP contribution in [0.15, 0.2) is 24.3 Å². The van der Waals surface area contributed by atoms with Gasteiger partial charge in [-0.05, 0) is 43.9 Å². The van der Waals surface area contributed by atoms with E-state index in [1.165, 1.54) is 4.90 Å². The van der Waals surface area contributed by atoms with E-state index in [4.69, 9.17) is 4.74 Å². The number of benzene rings is 1. The van der Waals surface area contributed by atoms with Crippen LogP contribution in [0.5, 0.6) is 5.75 Å². The Morgan fingerprint density at radius 3 is 2.81 bits per heavy atom. The van der Waals surface area contributed by atoms with Crippen molar-refractivity contribution in [2.45, 2.75) is 38.1 Å². The lowest BCUT2D eigenvalue weighted by molar-refractivity contribution is -0.160. The van der Waals surface area contributed by atoms with Crippen LogP contribution in [0, 0.1) is 0 Å². The van der Waals surface area contributed by atoms with Crippen LogP contribution in [0.3, 0.4) is 0 Å². The summed E-state index contributed by atoms with van der Waals surface area (Å²) in [4.78, 5) is 25.6. The summed E-state index contributed by atoms with van der Waals surface area (Å²) in [6.07, 6.45) is 2.39. The second-order valence-corrected chi connectivity index (χ2v) is 5.61. The number of likely N-dealkylation sites (tertiary alicyclic amines) is 1. The Morgan fingerprint density at radius 2 is 2.14 bits per heavy atom. The summed E-state index contributed by atoms with van der Waals surface area (Å²) in [6, 6.07) is 7.30. The Morgan fingerprint density at radius 1 is 1.38 bits per heavy atom. The van der Waals surface area contributed by atoms with Crippen molar-refractivity contribution in [1.29, 1.82) is 0 Å². The molecule has 1 unspecified atom stereocenters. The summed E-state index contributed by atoms with van der Waals surface area (Å²) in [5.74, 6) is -0.381. The number of hydrogen-bond donors (Lipinski definition) is 1. The minimum absolute atomic E-state index is 0.146. The van der Waals surface area contributed by atoms with E-state index in [1.807, 2.05) is 18.2 Å². The van der Waals surface area contributed by atoms with Crippen LogP contribution >= 0.6 is 0 Å². The monoisotopic (exact) mass is 291 g/mol. The fraction of sp³-hybridized carbons (Fsp3) is 0.500. The van der Waals surface area contributed by atoms with Crippen molar-refractivity contribution >= 4 is 11.9 Å². The normalized spacial score (nSPS) is 21.9. The summed E-state index contributed by atoms with van der Waals surface area (Å²) in [5.41, 5.74) is -0.258. The number of ether oxygens (including phenoxy) is 1. The van der Waals surface area contributed by atoms with Gasteiger partial charge >= 0.3 is 5.97 Å². The number of carbonyl (C=O) groups is 2. The van der Waals surface area contributed by atoms with E-state index in [0.29, 0.717) is 18.7 Å². The van der Waals surface area contributed by atoms with Crippen LogP contribution in [-0.4, -0.2) is 41.1 Å². The summed E-state index contributed by atoms with van der Waals surface area (Å²) in [6.45, 7) is 2.14. The van der Waals surface area contributed by atoms with Gasteiger partial charge < -0.3 is 14.7 Å². The van der Waals surface area contributed by atoms with E-state index in [2.05, 4.69) is 0 Å². The molecule has 1 aliphatic rings. The maximum Gasteiger partial charge on any atom is 0.329 e. The van der Waals surface area contributed by atoms with Crippen molar-refractivity contribution in [3.8, 4) is 5.75 Å². The Bertz CT molecular complexity index is 543. The zero-order chi connectivity index (χ0) is 15.5. The van der Waals surface area contributed by atoms with Gasteiger partial charge in [-0.25, -0.2) is 4.79 Å². The first-order chi connectivity index (χ1) is 9.97. The van der Waals surface area contributed by atoms with Gasteiger partial charge in [0.25, 0.3) is 0 Å². The number of carboxylic acids is 1. The molecule has 1 heterocycles. The maximum atomic E-state index is 12.5. The van der Waals surface area contributed by atoms with Crippen molar-refractivity contribution < 1.29 is 19.4 Å². The van der Waals surface area contributed by atoms with Gasteiger partial charge in [-0.3, -0.25) is 4.79 Å². The molecule has 1 fully saturated rings. The van der Waals surface area contributed by atoms with E-state index < -0.39 is 11.5 Å². The molecule has 1 aliphatic heterocycles. The minimum Gasteiger partial charge on any atom is -0.497 e. The molecule has 114 valence electrons. The van der Waals surface area contributed by atoms with Crippen molar-refractivity contribution in [2.75, 3.05) is 13.7 Å². The lowest BCUT2D eigenvalue weighted by atomic mass is 9.88. The number of carbonyl (C=O) groups excluding carboxylic acids is 1. The smallest absolute Gasteiger partial charge is 0.329 e. The number of rotatable bonds is 4. The van der Waals surface area contributed by atoms with Gasteiger partial charge in [0.1, 0.15) is 11.3 Å². The highest BCUT2D eigenvalue weighted by atomic mass is 16.5. The fourth-order valence-corrected chi connectivity index (χ4v) is 2.80. The molecular weight excluding hydrogens is 270 g/mol. The quantitative estimate of drug-likeness (QED) is 0.922. The zero-order valence-corrected chi connectivity index (χ0v) is 12.5. The molecule has 1 aromatic carbocycles. The Balaban J connectivity index is 2.16. The highest BCUT2D eigenvalue weighted by molar-refractivity contribution is 5.88. The summed E-state index contributed by atoms with van der Waals surface area (Å²) < 4.78 is 5.14. The molecule has 1 amide bonds. The first-order valence-electron chi connectivity index (χ1n) is 7.14. The summed E-state index contributed by atoms with van der Waals surface area (Å²) in [5, 5.41) is 9.45. The molecule has 0 aromatic heterocycles. The van der Waals surface area contributed by atoms with Gasteiger partial charge in [0.05, 0.1) is 13.5 Å². The predicted molar refractivity (Wildman–Crippen MR) is 78.3 cm³/mol. The van der Waals surface area contributed by atoms with Gasteiger partial charge in [-0.1, -0.05) is 12.1 Å². The van der Waals surface area contributed by atoms with Gasteiger partial charge in [-0.15, -0.1) is 0 Å². The molecule has 2 rings (SSSR count). The van der Waals surface area contributed by atoms with Gasteiger partial charge in [-0.2, -0.15) is 0 Å². The third-order valence-corrected chi connectivity index (χ3v) is 4.14. The summed E-state index contributed by atoms with van der Waals surface area (Å²) >= 11 is 0. The molecule has 1 saturated heterocycles. The number of piperidine rings is 1. The van der Waals surface area contributed by atoms with E-state index >= 15 is 0 Å². The topological polar surface area (TPSA) is 66.8 Å². The van der Waals surface area contributed by atoms with E-state index in [-0.39, 0.29) is 12.3 Å². The molecule has 0 aliphatic carbocycles. The fourth-order valence-electron chi connectivity index (χ4n) is 2.80. The van der Waals surface area contributed by atoms with Crippen LogP contribution in [-0.2, 0) is 16.0 Å². The number of carboxylic acid groups (broad SMARTS) is 1. The molecule has 0 radical (unpaired) electrons. The molecule has 1 N–H and O–H groups in total. The average Bonchev–Trinajstić information content (AvgIpc) is 2.47. The number of nitrogens with zero attached hydrogens (tertiary/aromatic N) is 1. The molecule has 0 saturated carbocycles. The Labute approximate surface area is 124 Å². The number of aliphatic carboxylic acids is 1. The number of hydrogen-bond acceptors (Lipinski definition) is 3. The van der Waals surface area contributed by atoms with Gasteiger partial charge in [0, 0.05) is 6.54 Å². The van der Waals surface area contributed by atoms with E-state index in [9.17, 15) is 14.7 Å². The standard InChI is InChI=1S/C16H21NO4/c1-16(15(19)20)8-3-4-9-17(16)14(18)11-12-6-5-7-13(10-12)21-2/h5-7,10H,3-4,8-9,11H2,1-2H3,(H,19,20). The molecule has 0 spiro atoms. The SMILES string of the molecule is COc1cccc(CC(=O)N2CCCCC2(C)C(=O)O)c1. The molecule has 5 nitrogen and oxygen atoms in total. The van der Waals surface area contributed by atoms with Crippen molar-refractivity contribution in [3.63, 3.8) is 0 Å². The van der Waals surface area contributed by atoms with Crippen molar-refractivity contribution in [2.24, 2.45) is 0 Å². The average molecular weight is 291 g/mol. The minimum atomic E-state index is -1.09. The molecule has 0 bridgehead atoms. The van der Waals surface area contributed by atoms with Crippen LogP contribution < -0.4 is 4.74 Å². The molecule has 1 aromatic rings. The van der Waals surface area contributed by atoms with Gasteiger partial charge in [0.15, 0.2) is 0 Å². The van der Waals surface area contributed by atoms with Crippen LogP contribution in [0.1, 0.15) is 31.7 Å². The maximum absolute atomic E-state index is 12.5. The number of methoxy groups -OCH3 is 1. The van der Waals surface area contributed by atoms with E-state index in [0.717, 1.165) is 18.4 Å². The second kappa shape index (κ2) is 6.16. The highest BCUT2D eigenvalue weighted by Gasteiger charge is 2.43. The molecule has 1 atom stereocenters. The third-order valence-electron chi connectivity index (χ3n) is 4.14. The van der Waals surface area contributed by atoms with Crippen molar-refractivity contribution in [3.05, 3.63) is 29.8 Å². The van der Waals surface area contributed by atoms with Crippen LogP contribution in [0.2, 0.25) is 0 Å². The largest absolute Gasteiger partial charge is 0.497 e. The Kier molecular flexibility index (Phi) is 4.50. The third kappa shape index (κ3) is 3.17. The molecule has 21 heavy (non-hydrogen) atoms. The first kappa shape index (κ1) is 15.4. The Hall–Kier alpha value is -2.04. The first-order valence-corrected chi connectivity index (χ1v) is 7.14. The van der Waals surface area contributed by atoms with Gasteiger partial charge in [0.2, 0.25) is 5.91 Å². The lowest BCUT2D eigenvalue weighted by Gasteiger charge is -2.41. The lowest BCUT2D eigenvalue weighted by Crippen LogP contribution is -2.57. The summed E-state index contributed by atoms with van der Waals surface area (Å²) in [7, 11) is 1.58. The number of amides is 1. The van der Waals surface area contributed by atoms with Crippen LogP contribution in [0.25, 0.3) is 0 Å².